The zero-order chi connectivity index (χ0) is 15.5. The number of H-pyrrole nitrogens is 1. The zero-order valence-corrected chi connectivity index (χ0v) is 13.9. The minimum atomic E-state index is -0.181. The molecular formula is C15H18BrN5O. The second kappa shape index (κ2) is 6.50. The summed E-state index contributed by atoms with van der Waals surface area (Å²) in [6.07, 6.45) is 3.42. The van der Waals surface area contributed by atoms with E-state index < -0.39 is 0 Å². The molecule has 0 radical (unpaired) electrons. The highest BCUT2D eigenvalue weighted by Crippen LogP contribution is 2.17. The number of hydrogen-bond donors (Lipinski definition) is 2. The van der Waals surface area contributed by atoms with E-state index in [9.17, 15) is 4.79 Å². The van der Waals surface area contributed by atoms with Crippen LogP contribution in [0.5, 0.6) is 0 Å². The average molecular weight is 364 g/mol. The van der Waals surface area contributed by atoms with E-state index in [-0.39, 0.29) is 5.91 Å². The number of amides is 1. The number of aromatic nitrogens is 2. The summed E-state index contributed by atoms with van der Waals surface area (Å²) in [6.45, 7) is 4.04. The summed E-state index contributed by atoms with van der Waals surface area (Å²) < 4.78 is 0.848. The van der Waals surface area contributed by atoms with E-state index in [4.69, 9.17) is 0 Å². The number of pyridine rings is 1. The third-order valence-electron chi connectivity index (χ3n) is 3.73. The summed E-state index contributed by atoms with van der Waals surface area (Å²) in [5.41, 5.74) is 1.20. The maximum Gasteiger partial charge on any atom is 0.272 e. The van der Waals surface area contributed by atoms with Gasteiger partial charge in [-0.2, -0.15) is 0 Å². The third kappa shape index (κ3) is 3.48. The van der Waals surface area contributed by atoms with Crippen LogP contribution in [0.15, 0.2) is 35.1 Å². The molecule has 0 bridgehead atoms. The van der Waals surface area contributed by atoms with E-state index in [0.29, 0.717) is 11.4 Å². The van der Waals surface area contributed by atoms with Crippen molar-refractivity contribution in [1.82, 2.24) is 14.9 Å². The summed E-state index contributed by atoms with van der Waals surface area (Å²) in [6, 6.07) is 5.57. The van der Waals surface area contributed by atoms with Gasteiger partial charge in [0, 0.05) is 36.8 Å². The van der Waals surface area contributed by atoms with Crippen LogP contribution < -0.4 is 10.2 Å². The van der Waals surface area contributed by atoms with Gasteiger partial charge in [0.2, 0.25) is 0 Å². The summed E-state index contributed by atoms with van der Waals surface area (Å²) in [5.74, 6) is 0.772. The van der Waals surface area contributed by atoms with Crippen LogP contribution in [0.2, 0.25) is 0 Å². The zero-order valence-electron chi connectivity index (χ0n) is 12.3. The molecule has 0 atom stereocenters. The molecule has 0 saturated carbocycles. The fraction of sp³-hybridized carbons (Fsp3) is 0.333. The molecule has 116 valence electrons. The van der Waals surface area contributed by atoms with E-state index in [2.05, 4.69) is 48.1 Å². The summed E-state index contributed by atoms with van der Waals surface area (Å²) in [4.78, 5) is 24.0. The Hall–Kier alpha value is -1.86. The van der Waals surface area contributed by atoms with Crippen molar-refractivity contribution in [3.63, 3.8) is 0 Å². The van der Waals surface area contributed by atoms with Gasteiger partial charge < -0.3 is 20.1 Å². The van der Waals surface area contributed by atoms with Crippen LogP contribution in [0.3, 0.4) is 0 Å². The van der Waals surface area contributed by atoms with E-state index in [1.54, 1.807) is 18.5 Å². The van der Waals surface area contributed by atoms with Crippen LogP contribution in [0.25, 0.3) is 0 Å². The van der Waals surface area contributed by atoms with E-state index in [1.165, 1.54) is 0 Å². The van der Waals surface area contributed by atoms with Crippen LogP contribution in [0, 0.1) is 0 Å². The number of likely N-dealkylation sites (N-methyl/N-ethyl adjacent to an activating group) is 1. The predicted octanol–water partition coefficient (Wildman–Crippen LogP) is 2.18. The number of anilines is 2. The number of carbonyl (C=O) groups is 1. The van der Waals surface area contributed by atoms with Gasteiger partial charge in [-0.25, -0.2) is 4.98 Å². The fourth-order valence-electron chi connectivity index (χ4n) is 2.38. The molecule has 1 aliphatic heterocycles. The maximum absolute atomic E-state index is 12.0. The molecule has 3 rings (SSSR count). The molecule has 22 heavy (non-hydrogen) atoms. The predicted molar refractivity (Wildman–Crippen MR) is 90.4 cm³/mol. The molecule has 2 aromatic heterocycles. The van der Waals surface area contributed by atoms with Crippen LogP contribution in [-0.2, 0) is 0 Å². The maximum atomic E-state index is 12.0. The lowest BCUT2D eigenvalue weighted by Gasteiger charge is -2.33. The molecule has 7 heteroatoms. The SMILES string of the molecule is CN1CCN(c2ccc(NC(=O)c3cc(Br)c[nH]3)cn2)CC1. The molecule has 3 heterocycles. The Morgan fingerprint density at radius 1 is 1.32 bits per heavy atom. The van der Waals surface area contributed by atoms with Gasteiger partial charge in [0.1, 0.15) is 11.5 Å². The Morgan fingerprint density at radius 3 is 2.68 bits per heavy atom. The Kier molecular flexibility index (Phi) is 4.44. The summed E-state index contributed by atoms with van der Waals surface area (Å²) >= 11 is 3.31. The normalized spacial score (nSPS) is 15.8. The molecule has 0 aliphatic carbocycles. The van der Waals surface area contributed by atoms with Crippen molar-refractivity contribution in [3.8, 4) is 0 Å². The number of piperazine rings is 1. The van der Waals surface area contributed by atoms with Crippen molar-refractivity contribution in [2.75, 3.05) is 43.4 Å². The smallest absolute Gasteiger partial charge is 0.272 e. The van der Waals surface area contributed by atoms with E-state index >= 15 is 0 Å². The van der Waals surface area contributed by atoms with Crippen molar-refractivity contribution in [3.05, 3.63) is 40.8 Å². The quantitative estimate of drug-likeness (QED) is 0.876. The number of rotatable bonds is 3. The topological polar surface area (TPSA) is 64.3 Å². The number of hydrogen-bond acceptors (Lipinski definition) is 4. The van der Waals surface area contributed by atoms with Gasteiger partial charge in [-0.05, 0) is 41.2 Å². The number of halogens is 1. The summed E-state index contributed by atoms with van der Waals surface area (Å²) in [7, 11) is 2.13. The third-order valence-corrected chi connectivity index (χ3v) is 4.18. The first-order chi connectivity index (χ1) is 10.6. The second-order valence-corrected chi connectivity index (χ2v) is 6.30. The highest BCUT2D eigenvalue weighted by molar-refractivity contribution is 9.10. The lowest BCUT2D eigenvalue weighted by Crippen LogP contribution is -2.44. The molecule has 1 fully saturated rings. The van der Waals surface area contributed by atoms with E-state index in [1.807, 2.05) is 12.1 Å². The molecule has 1 saturated heterocycles. The highest BCUT2D eigenvalue weighted by atomic mass is 79.9. The molecule has 1 aliphatic rings. The average Bonchev–Trinajstić information content (AvgIpc) is 2.96. The molecule has 6 nitrogen and oxygen atoms in total. The molecule has 0 spiro atoms. The minimum Gasteiger partial charge on any atom is -0.356 e. The standard InChI is InChI=1S/C15H18BrN5O/c1-20-4-6-21(7-5-20)14-3-2-12(10-18-14)19-15(22)13-8-11(16)9-17-13/h2-3,8-10,17H,4-7H2,1H3,(H,19,22). The number of carbonyl (C=O) groups excluding carboxylic acids is 1. The molecular weight excluding hydrogens is 346 g/mol. The molecule has 0 aromatic carbocycles. The lowest BCUT2D eigenvalue weighted by atomic mass is 10.3. The summed E-state index contributed by atoms with van der Waals surface area (Å²) in [5, 5.41) is 2.83. The van der Waals surface area contributed by atoms with Crippen molar-refractivity contribution in [1.29, 1.82) is 0 Å². The van der Waals surface area contributed by atoms with Crippen molar-refractivity contribution in [2.24, 2.45) is 0 Å². The number of aromatic amines is 1. The lowest BCUT2D eigenvalue weighted by molar-refractivity contribution is 0.102. The van der Waals surface area contributed by atoms with Gasteiger partial charge in [0.15, 0.2) is 0 Å². The van der Waals surface area contributed by atoms with Crippen LogP contribution >= 0.6 is 15.9 Å². The Labute approximate surface area is 137 Å². The largest absolute Gasteiger partial charge is 0.356 e. The number of nitrogens with one attached hydrogen (secondary N) is 2. The molecule has 2 aromatic rings. The van der Waals surface area contributed by atoms with Crippen molar-refractivity contribution >= 4 is 33.3 Å². The Balaban J connectivity index is 1.63. The van der Waals surface area contributed by atoms with Crippen molar-refractivity contribution in [2.45, 2.75) is 0 Å². The first-order valence-electron chi connectivity index (χ1n) is 7.16. The van der Waals surface area contributed by atoms with Gasteiger partial charge in [-0.15, -0.1) is 0 Å². The van der Waals surface area contributed by atoms with Gasteiger partial charge >= 0.3 is 0 Å². The van der Waals surface area contributed by atoms with Gasteiger partial charge in [0.25, 0.3) is 5.91 Å². The van der Waals surface area contributed by atoms with Gasteiger partial charge in [0.05, 0.1) is 11.9 Å². The van der Waals surface area contributed by atoms with E-state index in [0.717, 1.165) is 36.5 Å². The van der Waals surface area contributed by atoms with Crippen LogP contribution in [-0.4, -0.2) is 54.0 Å². The first-order valence-corrected chi connectivity index (χ1v) is 7.96. The molecule has 0 unspecified atom stereocenters. The fourth-order valence-corrected chi connectivity index (χ4v) is 2.72. The molecule has 2 N–H and O–H groups in total. The van der Waals surface area contributed by atoms with Crippen LogP contribution in [0.4, 0.5) is 11.5 Å². The van der Waals surface area contributed by atoms with Gasteiger partial charge in [-0.1, -0.05) is 0 Å². The minimum absolute atomic E-state index is 0.181. The Bertz CT molecular complexity index is 646. The molecule has 1 amide bonds. The van der Waals surface area contributed by atoms with Crippen LogP contribution in [0.1, 0.15) is 10.5 Å². The first kappa shape index (κ1) is 15.1. The highest BCUT2D eigenvalue weighted by Gasteiger charge is 2.15. The van der Waals surface area contributed by atoms with Crippen molar-refractivity contribution < 1.29 is 4.79 Å². The van der Waals surface area contributed by atoms with Gasteiger partial charge in [-0.3, -0.25) is 4.79 Å². The number of nitrogens with zero attached hydrogens (tertiary/aromatic N) is 3. The second-order valence-electron chi connectivity index (χ2n) is 5.38. The monoisotopic (exact) mass is 363 g/mol. The Morgan fingerprint density at radius 2 is 2.09 bits per heavy atom.